The van der Waals surface area contributed by atoms with Crippen LogP contribution in [0.1, 0.15) is 24.1 Å². The van der Waals surface area contributed by atoms with Crippen molar-refractivity contribution < 1.29 is 40.2 Å². The van der Waals surface area contributed by atoms with Gasteiger partial charge < -0.3 is 15.2 Å². The molecular formula is C29H26ClF5N2O5S. The predicted molar refractivity (Wildman–Crippen MR) is 154 cm³/mol. The van der Waals surface area contributed by atoms with Gasteiger partial charge in [-0.05, 0) is 66.6 Å². The van der Waals surface area contributed by atoms with Crippen molar-refractivity contribution in [3.8, 4) is 11.4 Å². The first-order chi connectivity index (χ1) is 20.0. The van der Waals surface area contributed by atoms with E-state index in [1.54, 1.807) is 13.0 Å². The fourth-order valence-corrected chi connectivity index (χ4v) is 6.24. The summed E-state index contributed by atoms with van der Waals surface area (Å²) in [5.74, 6) is -4.68. The summed E-state index contributed by atoms with van der Waals surface area (Å²) in [5, 5.41) is 13.2. The highest BCUT2D eigenvalue weighted by Gasteiger charge is 2.61. The molecule has 0 aliphatic rings. The molecule has 14 heteroatoms. The third-order valence-corrected chi connectivity index (χ3v) is 9.14. The van der Waals surface area contributed by atoms with Gasteiger partial charge in [0, 0.05) is 28.6 Å². The molecule has 2 unspecified atom stereocenters. The molecule has 0 spiro atoms. The van der Waals surface area contributed by atoms with E-state index in [4.69, 9.17) is 16.3 Å². The van der Waals surface area contributed by atoms with Gasteiger partial charge in [0.15, 0.2) is 27.0 Å². The Morgan fingerprint density at radius 1 is 1.05 bits per heavy atom. The highest BCUT2D eigenvalue weighted by atomic mass is 35.5. The molecular weight excluding hydrogens is 619 g/mol. The van der Waals surface area contributed by atoms with Crippen molar-refractivity contribution in [2.45, 2.75) is 31.7 Å². The quantitative estimate of drug-likeness (QED) is 0.213. The van der Waals surface area contributed by atoms with Gasteiger partial charge in [0.05, 0.1) is 29.4 Å². The molecule has 7 nitrogen and oxygen atoms in total. The second-order valence-electron chi connectivity index (χ2n) is 9.89. The van der Waals surface area contributed by atoms with Gasteiger partial charge in [0.2, 0.25) is 0 Å². The van der Waals surface area contributed by atoms with Gasteiger partial charge in [-0.2, -0.15) is 13.2 Å². The normalized spacial score (nSPS) is 14.4. The zero-order valence-electron chi connectivity index (χ0n) is 23.0. The fraction of sp³-hybridized carbons (Fsp3) is 0.276. The number of fused-ring (bicyclic) bond motifs is 1. The van der Waals surface area contributed by atoms with Crippen molar-refractivity contribution in [1.29, 1.82) is 0 Å². The summed E-state index contributed by atoms with van der Waals surface area (Å²) in [6.07, 6.45) is -5.57. The summed E-state index contributed by atoms with van der Waals surface area (Å²) in [5.41, 5.74) is -4.33. The molecule has 0 aliphatic carbocycles. The van der Waals surface area contributed by atoms with Crippen LogP contribution in [-0.2, 0) is 9.84 Å². The van der Waals surface area contributed by atoms with Crippen LogP contribution in [0.15, 0.2) is 65.5 Å². The summed E-state index contributed by atoms with van der Waals surface area (Å²) >= 11 is 6.19. The number of rotatable bonds is 9. The van der Waals surface area contributed by atoms with Crippen LogP contribution in [0.4, 0.5) is 27.6 Å². The zero-order chi connectivity index (χ0) is 31.9. The smallest absolute Gasteiger partial charge is 0.420 e. The van der Waals surface area contributed by atoms with E-state index in [1.165, 1.54) is 28.8 Å². The molecule has 0 radical (unpaired) electrons. The van der Waals surface area contributed by atoms with Crippen molar-refractivity contribution >= 4 is 38.0 Å². The molecule has 4 rings (SSSR count). The van der Waals surface area contributed by atoms with Crippen LogP contribution in [0.25, 0.3) is 16.6 Å². The third-order valence-electron chi connectivity index (χ3n) is 7.00. The van der Waals surface area contributed by atoms with E-state index in [-0.39, 0.29) is 22.3 Å². The van der Waals surface area contributed by atoms with Crippen LogP contribution in [0.3, 0.4) is 0 Å². The number of ether oxygens (including phenoxy) is 1. The molecule has 2 atom stereocenters. The molecule has 230 valence electrons. The van der Waals surface area contributed by atoms with E-state index >= 15 is 4.39 Å². The van der Waals surface area contributed by atoms with E-state index in [1.807, 2.05) is 0 Å². The highest BCUT2D eigenvalue weighted by Crippen LogP contribution is 2.46. The van der Waals surface area contributed by atoms with Gasteiger partial charge >= 0.3 is 6.18 Å². The monoisotopic (exact) mass is 644 g/mol. The van der Waals surface area contributed by atoms with Gasteiger partial charge in [0.1, 0.15) is 5.82 Å². The second kappa shape index (κ2) is 11.8. The average molecular weight is 645 g/mol. The maximum Gasteiger partial charge on any atom is 0.420 e. The minimum atomic E-state index is -5.57. The molecule has 4 aromatic rings. The summed E-state index contributed by atoms with van der Waals surface area (Å²) in [7, 11) is -3.38. The minimum Gasteiger partial charge on any atom is -0.494 e. The van der Waals surface area contributed by atoms with Crippen LogP contribution in [-0.4, -0.2) is 48.5 Å². The number of sulfone groups is 1. The highest BCUT2D eigenvalue weighted by molar-refractivity contribution is 7.91. The summed E-state index contributed by atoms with van der Waals surface area (Å²) < 4.78 is 104. The Morgan fingerprint density at radius 3 is 2.28 bits per heavy atom. The Bertz CT molecular complexity index is 1850. The summed E-state index contributed by atoms with van der Waals surface area (Å²) in [6, 6.07) is 9.98. The van der Waals surface area contributed by atoms with E-state index < -0.39 is 72.7 Å². The third kappa shape index (κ3) is 6.20. The fourth-order valence-electron chi connectivity index (χ4n) is 4.77. The van der Waals surface area contributed by atoms with Gasteiger partial charge in [-0.25, -0.2) is 17.2 Å². The number of pyridine rings is 1. The van der Waals surface area contributed by atoms with Gasteiger partial charge in [-0.3, -0.25) is 9.36 Å². The average Bonchev–Trinajstić information content (AvgIpc) is 2.93. The minimum absolute atomic E-state index is 0.0697. The number of aryl methyl sites for hydroxylation is 1. The molecule has 3 aromatic carbocycles. The number of anilines is 1. The number of alkyl halides is 3. The second-order valence-corrected chi connectivity index (χ2v) is 12.6. The van der Waals surface area contributed by atoms with Crippen molar-refractivity contribution in [1.82, 2.24) is 4.57 Å². The van der Waals surface area contributed by atoms with E-state index in [0.29, 0.717) is 5.56 Å². The van der Waals surface area contributed by atoms with Crippen molar-refractivity contribution in [3.05, 3.63) is 98.8 Å². The first-order valence-corrected chi connectivity index (χ1v) is 14.9. The Kier molecular flexibility index (Phi) is 8.83. The first-order valence-electron chi connectivity index (χ1n) is 12.7. The maximum absolute atomic E-state index is 15.1. The lowest BCUT2D eigenvalue weighted by atomic mass is 9.88. The molecule has 0 saturated carbocycles. The SMILES string of the molecule is CCS(=O)(=O)CC(O)(C(Nc1cc(C)cc2c1ccc(=O)n2-c1ccc(F)cc1)c1ccc(OC)c(F)c1Cl)C(F)(F)F. The summed E-state index contributed by atoms with van der Waals surface area (Å²) in [6.45, 7) is 2.71. The van der Waals surface area contributed by atoms with Gasteiger partial charge in [-0.1, -0.05) is 24.6 Å². The zero-order valence-corrected chi connectivity index (χ0v) is 24.5. The number of nitrogens with one attached hydrogen (secondary N) is 1. The number of halogens is 6. The molecule has 0 aliphatic heterocycles. The Labute approximate surface area is 248 Å². The van der Waals surface area contributed by atoms with Crippen LogP contribution >= 0.6 is 11.6 Å². The molecule has 0 amide bonds. The lowest BCUT2D eigenvalue weighted by Gasteiger charge is -2.39. The number of hydrogen-bond acceptors (Lipinski definition) is 6. The molecule has 0 fully saturated rings. The maximum atomic E-state index is 15.1. The van der Waals surface area contributed by atoms with Crippen molar-refractivity contribution in [2.24, 2.45) is 0 Å². The number of hydrogen-bond donors (Lipinski definition) is 2. The van der Waals surface area contributed by atoms with E-state index in [9.17, 15) is 35.9 Å². The standard InChI is InChI=1S/C29H26ClF5N2O5S/c1-4-43(40,41)15-28(39,29(33,34)35)27(20-9-11-23(42-3)26(32)25(20)30)36-21-13-16(2)14-22-19(21)10-12-24(38)37(22)18-7-5-17(31)6-8-18/h5-14,27,36,39H,4,15H2,1-3H3. The Balaban J connectivity index is 2.04. The Morgan fingerprint density at radius 2 is 1.70 bits per heavy atom. The van der Waals surface area contributed by atoms with Gasteiger partial charge in [-0.15, -0.1) is 0 Å². The van der Waals surface area contributed by atoms with Crippen molar-refractivity contribution in [3.63, 3.8) is 0 Å². The number of nitrogens with zero attached hydrogens (tertiary/aromatic N) is 1. The van der Waals surface area contributed by atoms with Crippen molar-refractivity contribution in [2.75, 3.05) is 23.9 Å². The molecule has 1 aromatic heterocycles. The van der Waals surface area contributed by atoms with Crippen LogP contribution in [0.5, 0.6) is 5.75 Å². The number of aromatic nitrogens is 1. The largest absolute Gasteiger partial charge is 0.494 e. The van der Waals surface area contributed by atoms with E-state index in [2.05, 4.69) is 5.32 Å². The molecule has 2 N–H and O–H groups in total. The Hall–Kier alpha value is -3.68. The number of methoxy groups -OCH3 is 1. The lowest BCUT2D eigenvalue weighted by molar-refractivity contribution is -0.257. The molecule has 43 heavy (non-hydrogen) atoms. The summed E-state index contributed by atoms with van der Waals surface area (Å²) in [4.78, 5) is 12.9. The molecule has 0 saturated heterocycles. The topological polar surface area (TPSA) is 97.6 Å². The number of benzene rings is 3. The van der Waals surface area contributed by atoms with Crippen LogP contribution in [0, 0.1) is 18.6 Å². The first kappa shape index (κ1) is 32.2. The van der Waals surface area contributed by atoms with E-state index in [0.717, 1.165) is 44.4 Å². The van der Waals surface area contributed by atoms with Gasteiger partial charge in [0.25, 0.3) is 5.56 Å². The number of aliphatic hydroxyl groups is 1. The lowest BCUT2D eigenvalue weighted by Crippen LogP contribution is -2.57. The van der Waals surface area contributed by atoms with Crippen LogP contribution in [0.2, 0.25) is 5.02 Å². The molecule has 0 bridgehead atoms. The van der Waals surface area contributed by atoms with Crippen LogP contribution < -0.4 is 15.6 Å². The predicted octanol–water partition coefficient (Wildman–Crippen LogP) is 6.12. The molecule has 1 heterocycles.